The molecular formula is C20H26N6O2. The van der Waals surface area contributed by atoms with E-state index in [0.717, 1.165) is 35.7 Å². The van der Waals surface area contributed by atoms with Crippen LogP contribution < -0.4 is 16.2 Å². The number of ether oxygens (including phenoxy) is 1. The lowest BCUT2D eigenvalue weighted by atomic mass is 10.1. The van der Waals surface area contributed by atoms with Gasteiger partial charge in [-0.2, -0.15) is 4.98 Å². The highest BCUT2D eigenvalue weighted by Crippen LogP contribution is 2.21. The van der Waals surface area contributed by atoms with Crippen molar-refractivity contribution in [3.05, 3.63) is 40.4 Å². The van der Waals surface area contributed by atoms with E-state index in [2.05, 4.69) is 19.9 Å². The van der Waals surface area contributed by atoms with Gasteiger partial charge in [-0.1, -0.05) is 0 Å². The van der Waals surface area contributed by atoms with Crippen LogP contribution in [0.1, 0.15) is 25.0 Å². The predicted molar refractivity (Wildman–Crippen MR) is 112 cm³/mol. The third-order valence-corrected chi connectivity index (χ3v) is 4.51. The monoisotopic (exact) mass is 382 g/mol. The van der Waals surface area contributed by atoms with Gasteiger partial charge in [-0.25, -0.2) is 9.97 Å². The Hall–Kier alpha value is -3.00. The summed E-state index contributed by atoms with van der Waals surface area (Å²) in [5.74, 6) is 0.971. The summed E-state index contributed by atoms with van der Waals surface area (Å²) in [6.45, 7) is 3.83. The molecule has 4 rings (SSSR count). The third-order valence-electron chi connectivity index (χ3n) is 4.51. The van der Waals surface area contributed by atoms with Gasteiger partial charge in [0.1, 0.15) is 11.5 Å². The summed E-state index contributed by atoms with van der Waals surface area (Å²) < 4.78 is 5.07. The van der Waals surface area contributed by atoms with E-state index >= 15 is 0 Å². The maximum Gasteiger partial charge on any atom is 0.257 e. The molecule has 148 valence electrons. The molecule has 1 saturated heterocycles. The number of H-pyrrole nitrogens is 1. The normalized spacial score (nSPS) is 13.7. The molecule has 8 heteroatoms. The van der Waals surface area contributed by atoms with Gasteiger partial charge >= 0.3 is 0 Å². The predicted octanol–water partition coefficient (Wildman–Crippen LogP) is 2.52. The van der Waals surface area contributed by atoms with Crippen LogP contribution in [0, 0.1) is 6.92 Å². The minimum atomic E-state index is -0.232. The van der Waals surface area contributed by atoms with Crippen molar-refractivity contribution in [3.63, 3.8) is 0 Å². The van der Waals surface area contributed by atoms with Crippen LogP contribution in [0.3, 0.4) is 0 Å². The molecule has 0 spiro atoms. The molecule has 0 atom stereocenters. The topological polar surface area (TPSA) is 110 Å². The second kappa shape index (κ2) is 8.79. The fourth-order valence-corrected chi connectivity index (χ4v) is 2.97. The molecule has 1 fully saturated rings. The highest BCUT2D eigenvalue weighted by Gasteiger charge is 2.10. The van der Waals surface area contributed by atoms with Gasteiger partial charge in [0.05, 0.1) is 5.69 Å². The van der Waals surface area contributed by atoms with Crippen molar-refractivity contribution >= 4 is 22.8 Å². The molecule has 28 heavy (non-hydrogen) atoms. The van der Waals surface area contributed by atoms with Crippen LogP contribution in [0.2, 0.25) is 0 Å². The third kappa shape index (κ3) is 4.64. The van der Waals surface area contributed by atoms with Crippen molar-refractivity contribution in [2.24, 2.45) is 0 Å². The quantitative estimate of drug-likeness (QED) is 0.701. The molecule has 0 saturated carbocycles. The van der Waals surface area contributed by atoms with Gasteiger partial charge in [0.25, 0.3) is 5.56 Å². The Bertz CT molecular complexity index is 982. The fraction of sp³-hybridized carbons (Fsp3) is 0.400. The first-order chi connectivity index (χ1) is 13.5. The summed E-state index contributed by atoms with van der Waals surface area (Å²) in [6.07, 6.45) is 5.61. The lowest BCUT2D eigenvalue weighted by molar-refractivity contribution is 0.0968. The molecule has 0 amide bonds. The van der Waals surface area contributed by atoms with Crippen LogP contribution in [-0.2, 0) is 4.74 Å². The molecule has 1 aliphatic heterocycles. The highest BCUT2D eigenvalue weighted by molar-refractivity contribution is 5.83. The van der Waals surface area contributed by atoms with Gasteiger partial charge in [-0.3, -0.25) is 4.79 Å². The first-order valence-corrected chi connectivity index (χ1v) is 9.34. The van der Waals surface area contributed by atoms with Crippen molar-refractivity contribution in [3.8, 4) is 11.1 Å². The molecule has 0 radical (unpaired) electrons. The molecule has 3 aromatic heterocycles. The van der Waals surface area contributed by atoms with Gasteiger partial charge in [0.2, 0.25) is 5.95 Å². The highest BCUT2D eigenvalue weighted by atomic mass is 16.5. The van der Waals surface area contributed by atoms with Crippen molar-refractivity contribution in [2.45, 2.75) is 26.2 Å². The molecule has 0 aromatic carbocycles. The summed E-state index contributed by atoms with van der Waals surface area (Å²) >= 11 is 0. The van der Waals surface area contributed by atoms with E-state index in [4.69, 9.17) is 10.5 Å². The molecule has 8 nitrogen and oxygen atoms in total. The average Bonchev–Trinajstić information content (AvgIpc) is 2.69. The molecule has 0 aliphatic carbocycles. The fourth-order valence-electron chi connectivity index (χ4n) is 2.97. The van der Waals surface area contributed by atoms with Gasteiger partial charge < -0.3 is 20.4 Å². The molecule has 3 aromatic rings. The Kier molecular flexibility index (Phi) is 6.20. The number of aromatic nitrogens is 4. The molecule has 1 aliphatic rings. The molecular weight excluding hydrogens is 356 g/mol. The zero-order valence-electron chi connectivity index (χ0n) is 16.5. The minimum Gasteiger partial charge on any atom is -0.381 e. The Morgan fingerprint density at radius 1 is 1.14 bits per heavy atom. The summed E-state index contributed by atoms with van der Waals surface area (Å²) in [5.41, 5.74) is 7.81. The van der Waals surface area contributed by atoms with Gasteiger partial charge in [0, 0.05) is 50.0 Å². The Morgan fingerprint density at radius 2 is 1.89 bits per heavy atom. The number of pyridine rings is 2. The maximum atomic E-state index is 12.3. The van der Waals surface area contributed by atoms with Crippen molar-refractivity contribution in [2.75, 3.05) is 37.9 Å². The van der Waals surface area contributed by atoms with Gasteiger partial charge in [0.15, 0.2) is 0 Å². The zero-order valence-corrected chi connectivity index (χ0v) is 16.5. The first kappa shape index (κ1) is 19.8. The standard InChI is InChI=1S/C15H16N6O.C5H10O/c1-8-10-6-11(9-4-5-12(17-7-9)21(2)3)14(22)19-13(10)20-15(16)18-8;1-2-4-6-5-3-1/h4-7H,1-3H3,(H3,16,18,19,20,22);1-5H2. The lowest BCUT2D eigenvalue weighted by Crippen LogP contribution is -2.12. The van der Waals surface area contributed by atoms with Gasteiger partial charge in [-0.15, -0.1) is 0 Å². The largest absolute Gasteiger partial charge is 0.381 e. The average molecular weight is 382 g/mol. The summed E-state index contributed by atoms with van der Waals surface area (Å²) in [5, 5.41) is 0.764. The number of anilines is 2. The first-order valence-electron chi connectivity index (χ1n) is 9.34. The van der Waals surface area contributed by atoms with Crippen molar-refractivity contribution in [1.29, 1.82) is 0 Å². The minimum absolute atomic E-state index is 0.144. The molecule has 0 unspecified atom stereocenters. The number of aryl methyl sites for hydroxylation is 1. The van der Waals surface area contributed by atoms with E-state index in [0.29, 0.717) is 11.2 Å². The Morgan fingerprint density at radius 3 is 2.43 bits per heavy atom. The number of nitrogens with zero attached hydrogens (tertiary/aromatic N) is 4. The second-order valence-electron chi connectivity index (χ2n) is 6.91. The zero-order chi connectivity index (χ0) is 20.1. The summed E-state index contributed by atoms with van der Waals surface area (Å²) in [7, 11) is 3.83. The van der Waals surface area contributed by atoms with Gasteiger partial charge in [-0.05, 0) is 44.4 Å². The number of hydrogen-bond donors (Lipinski definition) is 2. The number of hydrogen-bond acceptors (Lipinski definition) is 7. The number of rotatable bonds is 2. The van der Waals surface area contributed by atoms with Crippen LogP contribution in [0.15, 0.2) is 29.2 Å². The van der Waals surface area contributed by atoms with E-state index < -0.39 is 0 Å². The van der Waals surface area contributed by atoms with Crippen molar-refractivity contribution in [1.82, 2.24) is 19.9 Å². The van der Waals surface area contributed by atoms with E-state index in [1.165, 1.54) is 19.3 Å². The lowest BCUT2D eigenvalue weighted by Gasteiger charge is -2.11. The van der Waals surface area contributed by atoms with Crippen LogP contribution in [-0.4, -0.2) is 47.2 Å². The van der Waals surface area contributed by atoms with Crippen LogP contribution in [0.5, 0.6) is 0 Å². The Labute approximate surface area is 163 Å². The molecule has 0 bridgehead atoms. The number of nitrogens with one attached hydrogen (secondary N) is 1. The van der Waals surface area contributed by atoms with Crippen LogP contribution >= 0.6 is 0 Å². The van der Waals surface area contributed by atoms with E-state index in [1.807, 2.05) is 38.1 Å². The second-order valence-corrected chi connectivity index (χ2v) is 6.91. The summed E-state index contributed by atoms with van der Waals surface area (Å²) in [4.78, 5) is 29.4. The number of nitrogens with two attached hydrogens (primary N) is 1. The van der Waals surface area contributed by atoms with Crippen LogP contribution in [0.4, 0.5) is 11.8 Å². The Balaban J connectivity index is 0.000000320. The molecule has 3 N–H and O–H groups in total. The number of fused-ring (bicyclic) bond motifs is 1. The maximum absolute atomic E-state index is 12.3. The summed E-state index contributed by atoms with van der Waals surface area (Å²) in [6, 6.07) is 5.51. The smallest absolute Gasteiger partial charge is 0.257 e. The van der Waals surface area contributed by atoms with E-state index in [9.17, 15) is 4.79 Å². The number of nitrogen functional groups attached to an aromatic ring is 1. The van der Waals surface area contributed by atoms with Crippen LogP contribution in [0.25, 0.3) is 22.2 Å². The SMILES string of the molecule is C1CCOCC1.Cc1nc(N)nc2[nH]c(=O)c(-c3ccc(N(C)C)nc3)cc12. The van der Waals surface area contributed by atoms with E-state index in [1.54, 1.807) is 12.3 Å². The number of aromatic amines is 1. The van der Waals surface area contributed by atoms with E-state index in [-0.39, 0.29) is 11.5 Å². The molecule has 4 heterocycles. The van der Waals surface area contributed by atoms with Crippen molar-refractivity contribution < 1.29 is 4.74 Å².